The average molecular weight is 364 g/mol. The summed E-state index contributed by atoms with van der Waals surface area (Å²) in [4.78, 5) is 37.6. The van der Waals surface area contributed by atoms with Crippen LogP contribution in [0.3, 0.4) is 0 Å². The first kappa shape index (κ1) is 19.5. The van der Waals surface area contributed by atoms with E-state index in [1.54, 1.807) is 26.1 Å². The predicted molar refractivity (Wildman–Crippen MR) is 81.3 cm³/mol. The van der Waals surface area contributed by atoms with E-state index in [9.17, 15) is 27.6 Å². The third-order valence-electron chi connectivity index (χ3n) is 4.33. The van der Waals surface area contributed by atoms with E-state index in [0.717, 1.165) is 0 Å². The Morgan fingerprint density at radius 2 is 1.76 bits per heavy atom. The molecule has 0 aliphatic carbocycles. The van der Waals surface area contributed by atoms with Crippen molar-refractivity contribution in [3.05, 3.63) is 0 Å². The molecular formula is C16H23F3N2O4. The van der Waals surface area contributed by atoms with Gasteiger partial charge in [0.05, 0.1) is 0 Å². The lowest BCUT2D eigenvalue weighted by molar-refractivity contribution is -0.175. The van der Waals surface area contributed by atoms with Crippen LogP contribution in [0.4, 0.5) is 13.2 Å². The Morgan fingerprint density at radius 1 is 1.12 bits per heavy atom. The highest BCUT2D eigenvalue weighted by Crippen LogP contribution is 2.33. The number of halogens is 3. The number of alkyl halides is 3. The molecule has 0 aromatic heterocycles. The lowest BCUT2D eigenvalue weighted by atomic mass is 10.1. The second kappa shape index (κ2) is 6.84. The molecule has 0 unspecified atom stereocenters. The molecule has 2 aliphatic rings. The van der Waals surface area contributed by atoms with Crippen molar-refractivity contribution < 1.29 is 32.3 Å². The van der Waals surface area contributed by atoms with Gasteiger partial charge in [-0.1, -0.05) is 0 Å². The molecule has 0 aromatic carbocycles. The first-order valence-electron chi connectivity index (χ1n) is 8.33. The fourth-order valence-electron chi connectivity index (χ4n) is 3.34. The van der Waals surface area contributed by atoms with Crippen LogP contribution in [0, 0.1) is 0 Å². The number of rotatable bonds is 2. The van der Waals surface area contributed by atoms with Crippen LogP contribution in [0.5, 0.6) is 0 Å². The Hall–Kier alpha value is -1.80. The number of hydrogen-bond donors (Lipinski definition) is 1. The van der Waals surface area contributed by atoms with Crippen LogP contribution in [0.15, 0.2) is 0 Å². The third-order valence-corrected chi connectivity index (χ3v) is 4.33. The van der Waals surface area contributed by atoms with Crippen molar-refractivity contribution in [2.75, 3.05) is 0 Å². The van der Waals surface area contributed by atoms with Gasteiger partial charge in [0, 0.05) is 6.04 Å². The molecule has 2 amide bonds. The van der Waals surface area contributed by atoms with E-state index >= 15 is 0 Å². The molecule has 0 spiro atoms. The van der Waals surface area contributed by atoms with Crippen LogP contribution in [-0.2, 0) is 19.1 Å². The molecule has 0 bridgehead atoms. The number of carbonyl (C=O) groups excluding carboxylic acids is 3. The summed E-state index contributed by atoms with van der Waals surface area (Å²) >= 11 is 0. The van der Waals surface area contributed by atoms with Gasteiger partial charge in [-0.05, 0) is 52.9 Å². The van der Waals surface area contributed by atoms with Gasteiger partial charge in [0.1, 0.15) is 17.7 Å². The van der Waals surface area contributed by atoms with Crippen molar-refractivity contribution in [1.29, 1.82) is 0 Å². The standard InChI is InChI=1S/C16H23F3N2O4/c1-15(2,3)25-13(23)11-8-7-9-5-4-6-10(12(22)21(9)11)20-14(24)16(17,18)19/h9-11H,4-8H2,1-3H3,(H,20,24)/t9-,10-,11-/m0/s1. The lowest BCUT2D eigenvalue weighted by Crippen LogP contribution is -2.55. The molecule has 3 atom stereocenters. The fourth-order valence-corrected chi connectivity index (χ4v) is 3.34. The molecule has 25 heavy (non-hydrogen) atoms. The number of carbonyl (C=O) groups is 3. The SMILES string of the molecule is CC(C)(C)OC(=O)[C@@H]1CC[C@@H]2CCC[C@H](NC(=O)C(F)(F)F)C(=O)N21. The highest BCUT2D eigenvalue weighted by Gasteiger charge is 2.48. The molecule has 6 nitrogen and oxygen atoms in total. The molecule has 2 heterocycles. The molecular weight excluding hydrogens is 341 g/mol. The summed E-state index contributed by atoms with van der Waals surface area (Å²) in [5.41, 5.74) is -0.728. The number of fused-ring (bicyclic) bond motifs is 1. The Morgan fingerprint density at radius 3 is 2.32 bits per heavy atom. The van der Waals surface area contributed by atoms with E-state index in [4.69, 9.17) is 4.74 Å². The zero-order chi connectivity index (χ0) is 19.0. The van der Waals surface area contributed by atoms with E-state index < -0.39 is 41.6 Å². The minimum Gasteiger partial charge on any atom is -0.458 e. The van der Waals surface area contributed by atoms with Gasteiger partial charge < -0.3 is 15.0 Å². The molecule has 142 valence electrons. The number of nitrogens with one attached hydrogen (secondary N) is 1. The maximum Gasteiger partial charge on any atom is 0.471 e. The van der Waals surface area contributed by atoms with Crippen LogP contribution >= 0.6 is 0 Å². The number of esters is 1. The van der Waals surface area contributed by atoms with Crippen molar-refractivity contribution in [2.45, 2.75) is 82.8 Å². The quantitative estimate of drug-likeness (QED) is 0.760. The molecule has 0 radical (unpaired) electrons. The van der Waals surface area contributed by atoms with E-state index in [0.29, 0.717) is 25.7 Å². The van der Waals surface area contributed by atoms with Crippen molar-refractivity contribution in [3.63, 3.8) is 0 Å². The van der Waals surface area contributed by atoms with Crippen molar-refractivity contribution in [3.8, 4) is 0 Å². The van der Waals surface area contributed by atoms with Crippen molar-refractivity contribution in [1.82, 2.24) is 10.2 Å². The minimum absolute atomic E-state index is 0.120. The summed E-state index contributed by atoms with van der Waals surface area (Å²) < 4.78 is 42.8. The van der Waals surface area contributed by atoms with Crippen LogP contribution in [0.1, 0.15) is 52.9 Å². The normalized spacial score (nSPS) is 27.5. The topological polar surface area (TPSA) is 75.7 Å². The zero-order valence-electron chi connectivity index (χ0n) is 14.5. The van der Waals surface area contributed by atoms with E-state index in [-0.39, 0.29) is 12.5 Å². The molecule has 1 N–H and O–H groups in total. The van der Waals surface area contributed by atoms with Gasteiger partial charge in [0.2, 0.25) is 5.91 Å². The van der Waals surface area contributed by atoms with Crippen LogP contribution in [0.25, 0.3) is 0 Å². The van der Waals surface area contributed by atoms with E-state index in [2.05, 4.69) is 0 Å². The van der Waals surface area contributed by atoms with Gasteiger partial charge in [-0.3, -0.25) is 9.59 Å². The minimum atomic E-state index is -5.05. The molecule has 9 heteroatoms. The lowest BCUT2D eigenvalue weighted by Gasteiger charge is -2.31. The summed E-state index contributed by atoms with van der Waals surface area (Å²) in [5, 5.41) is 1.76. The molecule has 2 rings (SSSR count). The van der Waals surface area contributed by atoms with E-state index in [1.807, 2.05) is 0 Å². The van der Waals surface area contributed by atoms with Crippen molar-refractivity contribution in [2.24, 2.45) is 0 Å². The van der Waals surface area contributed by atoms with Crippen LogP contribution < -0.4 is 5.32 Å². The second-order valence-corrected chi connectivity index (χ2v) is 7.48. The number of hydrogen-bond acceptors (Lipinski definition) is 4. The van der Waals surface area contributed by atoms with Crippen LogP contribution in [0.2, 0.25) is 0 Å². The monoisotopic (exact) mass is 364 g/mol. The first-order valence-corrected chi connectivity index (χ1v) is 8.33. The molecule has 2 fully saturated rings. The Bertz CT molecular complexity index is 557. The summed E-state index contributed by atoms with van der Waals surface area (Å²) in [5.74, 6) is -3.35. The van der Waals surface area contributed by atoms with Gasteiger partial charge in [-0.2, -0.15) is 13.2 Å². The van der Waals surface area contributed by atoms with Gasteiger partial charge in [0.15, 0.2) is 0 Å². The number of amides is 2. The maximum absolute atomic E-state index is 12.7. The summed E-state index contributed by atoms with van der Waals surface area (Å²) in [7, 11) is 0. The third kappa shape index (κ3) is 4.64. The van der Waals surface area contributed by atoms with Gasteiger partial charge in [0.25, 0.3) is 0 Å². The molecule has 0 saturated carbocycles. The van der Waals surface area contributed by atoms with Crippen LogP contribution in [-0.4, -0.2) is 52.6 Å². The summed E-state index contributed by atoms with van der Waals surface area (Å²) in [6, 6.07) is -2.31. The Balaban J connectivity index is 2.16. The average Bonchev–Trinajstić information content (AvgIpc) is 2.80. The maximum atomic E-state index is 12.7. The van der Waals surface area contributed by atoms with Crippen molar-refractivity contribution >= 4 is 17.8 Å². The zero-order valence-corrected chi connectivity index (χ0v) is 14.5. The number of nitrogens with zero attached hydrogens (tertiary/aromatic N) is 1. The Labute approximate surface area is 144 Å². The molecule has 0 aromatic rings. The summed E-state index contributed by atoms with van der Waals surface area (Å²) in [6.45, 7) is 5.11. The fraction of sp³-hybridized carbons (Fsp3) is 0.812. The smallest absolute Gasteiger partial charge is 0.458 e. The predicted octanol–water partition coefficient (Wildman–Crippen LogP) is 1.92. The van der Waals surface area contributed by atoms with E-state index in [1.165, 1.54) is 4.90 Å². The highest BCUT2D eigenvalue weighted by molar-refractivity contribution is 5.92. The molecule has 2 saturated heterocycles. The largest absolute Gasteiger partial charge is 0.471 e. The first-order chi connectivity index (χ1) is 11.4. The van der Waals surface area contributed by atoms with Gasteiger partial charge in [-0.15, -0.1) is 0 Å². The Kier molecular flexibility index (Phi) is 5.34. The molecule has 2 aliphatic heterocycles. The van der Waals surface area contributed by atoms with Gasteiger partial charge >= 0.3 is 18.1 Å². The highest BCUT2D eigenvalue weighted by atomic mass is 19.4. The summed E-state index contributed by atoms with van der Waals surface area (Å²) in [6.07, 6.45) is -2.85. The van der Waals surface area contributed by atoms with Gasteiger partial charge in [-0.25, -0.2) is 4.79 Å². The second-order valence-electron chi connectivity index (χ2n) is 7.48. The number of ether oxygens (including phenoxy) is 1.